The summed E-state index contributed by atoms with van der Waals surface area (Å²) in [6, 6.07) is 10.2. The maximum Gasteiger partial charge on any atom is 0.250 e. The molecule has 37 heavy (non-hydrogen) atoms. The summed E-state index contributed by atoms with van der Waals surface area (Å²) in [7, 11) is 0. The molecule has 0 unspecified atom stereocenters. The molecule has 10 nitrogen and oxygen atoms in total. The van der Waals surface area contributed by atoms with Crippen molar-refractivity contribution in [2.45, 2.75) is 71.1 Å². The first-order chi connectivity index (χ1) is 18.0. The van der Waals surface area contributed by atoms with E-state index in [2.05, 4.69) is 20.7 Å². The second-order valence-electron chi connectivity index (χ2n) is 9.35. The number of aryl methyl sites for hydroxylation is 2. The van der Waals surface area contributed by atoms with Gasteiger partial charge >= 0.3 is 0 Å². The number of hydrogen-bond donors (Lipinski definition) is 1. The van der Waals surface area contributed by atoms with Gasteiger partial charge in [-0.15, -0.1) is 21.5 Å². The zero-order valence-corrected chi connectivity index (χ0v) is 21.7. The predicted molar refractivity (Wildman–Crippen MR) is 136 cm³/mol. The van der Waals surface area contributed by atoms with E-state index in [0.717, 1.165) is 36.3 Å². The summed E-state index contributed by atoms with van der Waals surface area (Å²) in [5, 5.41) is 17.5. The number of carbonyl (C=O) groups excluding carboxylic acids is 2. The minimum absolute atomic E-state index is 0.0924. The minimum Gasteiger partial charge on any atom is -0.464 e. The lowest BCUT2D eigenvalue weighted by molar-refractivity contribution is -0.143. The number of amides is 2. The molecule has 4 aromatic rings. The van der Waals surface area contributed by atoms with E-state index in [9.17, 15) is 9.59 Å². The smallest absolute Gasteiger partial charge is 0.250 e. The lowest BCUT2D eigenvalue weighted by Crippen LogP contribution is -2.47. The van der Waals surface area contributed by atoms with Crippen LogP contribution in [0.4, 0.5) is 0 Å². The maximum absolute atomic E-state index is 13.8. The molecule has 1 aliphatic rings. The molecule has 4 aromatic heterocycles. The van der Waals surface area contributed by atoms with Crippen molar-refractivity contribution in [2.75, 3.05) is 0 Å². The number of carbonyl (C=O) groups is 2. The molecule has 1 N–H and O–H groups in total. The molecule has 1 saturated carbocycles. The van der Waals surface area contributed by atoms with E-state index in [4.69, 9.17) is 8.83 Å². The lowest BCUT2D eigenvalue weighted by atomic mass is 9.95. The van der Waals surface area contributed by atoms with Crippen molar-refractivity contribution in [3.05, 3.63) is 63.9 Å². The van der Waals surface area contributed by atoms with Crippen LogP contribution in [0.3, 0.4) is 0 Å². The molecule has 4 heterocycles. The molecular weight excluding hydrogens is 492 g/mol. The van der Waals surface area contributed by atoms with Gasteiger partial charge < -0.3 is 19.1 Å². The van der Waals surface area contributed by atoms with Crippen LogP contribution in [0.15, 0.2) is 50.6 Å². The van der Waals surface area contributed by atoms with Crippen molar-refractivity contribution in [1.82, 2.24) is 30.4 Å². The summed E-state index contributed by atoms with van der Waals surface area (Å²) in [5.41, 5.74) is 0. The fourth-order valence-corrected chi connectivity index (χ4v) is 5.32. The molecular formula is C26H30N6O4S. The monoisotopic (exact) mass is 522 g/mol. The van der Waals surface area contributed by atoms with Crippen LogP contribution in [0.5, 0.6) is 0 Å². The van der Waals surface area contributed by atoms with Crippen LogP contribution in [0.25, 0.3) is 11.6 Å². The number of hydrogen-bond acceptors (Lipinski definition) is 8. The molecule has 2 amide bonds. The van der Waals surface area contributed by atoms with Crippen LogP contribution >= 0.6 is 11.3 Å². The van der Waals surface area contributed by atoms with Gasteiger partial charge in [0.15, 0.2) is 11.8 Å². The van der Waals surface area contributed by atoms with Gasteiger partial charge in [0.05, 0.1) is 6.54 Å². The first-order valence-electron chi connectivity index (χ1n) is 12.5. The molecule has 0 aliphatic heterocycles. The van der Waals surface area contributed by atoms with E-state index in [1.807, 2.05) is 37.4 Å². The first kappa shape index (κ1) is 24.9. The average Bonchev–Trinajstić information content (AvgIpc) is 3.69. The van der Waals surface area contributed by atoms with Gasteiger partial charge in [0, 0.05) is 10.9 Å². The van der Waals surface area contributed by atoms with Gasteiger partial charge in [-0.1, -0.05) is 25.3 Å². The SMILES string of the molecule is Cc1ccc(-c2nnn(CC(=O)N(Cc3cccs3)[C@H](C(=O)NC3CCCCC3)c3ccc(C)o3)n2)o1. The molecule has 1 atom stereocenters. The largest absolute Gasteiger partial charge is 0.464 e. The van der Waals surface area contributed by atoms with Gasteiger partial charge in [0.25, 0.3) is 5.91 Å². The molecule has 0 aromatic carbocycles. The molecule has 1 aliphatic carbocycles. The van der Waals surface area contributed by atoms with E-state index in [-0.39, 0.29) is 30.9 Å². The Bertz CT molecular complexity index is 1330. The highest BCUT2D eigenvalue weighted by Crippen LogP contribution is 2.28. The van der Waals surface area contributed by atoms with Gasteiger partial charge in [0.1, 0.15) is 23.8 Å². The molecule has 5 rings (SSSR count). The maximum atomic E-state index is 13.8. The lowest BCUT2D eigenvalue weighted by Gasteiger charge is -2.31. The second-order valence-corrected chi connectivity index (χ2v) is 10.4. The van der Waals surface area contributed by atoms with Crippen molar-refractivity contribution < 1.29 is 18.4 Å². The molecule has 0 spiro atoms. The number of tetrazole rings is 1. The Balaban J connectivity index is 1.42. The second kappa shape index (κ2) is 11.1. The van der Waals surface area contributed by atoms with Crippen LogP contribution in [-0.4, -0.2) is 43.0 Å². The summed E-state index contributed by atoms with van der Waals surface area (Å²) >= 11 is 1.52. The van der Waals surface area contributed by atoms with Gasteiger partial charge in [-0.05, 0) is 67.6 Å². The molecule has 194 valence electrons. The van der Waals surface area contributed by atoms with E-state index >= 15 is 0 Å². The fourth-order valence-electron chi connectivity index (χ4n) is 4.62. The Morgan fingerprint density at radius 2 is 1.89 bits per heavy atom. The number of aromatic nitrogens is 4. The standard InChI is InChI=1S/C26H30N6O4S/c1-17-10-12-21(35-17)24(26(34)27-19-7-4-3-5-8-19)31(15-20-9-6-14-37-20)23(33)16-32-29-25(28-30-32)22-13-11-18(2)36-22/h6,9-14,19,24H,3-5,7-8,15-16H2,1-2H3,(H,27,34)/t24-/m0/s1. The van der Waals surface area contributed by atoms with E-state index in [0.29, 0.717) is 23.1 Å². The van der Waals surface area contributed by atoms with Crippen molar-refractivity contribution in [3.63, 3.8) is 0 Å². The van der Waals surface area contributed by atoms with Gasteiger partial charge in [-0.25, -0.2) is 0 Å². The molecule has 11 heteroatoms. The van der Waals surface area contributed by atoms with Gasteiger partial charge in [0.2, 0.25) is 11.7 Å². The fraction of sp³-hybridized carbons (Fsp3) is 0.423. The van der Waals surface area contributed by atoms with E-state index in [1.54, 1.807) is 23.1 Å². The average molecular weight is 523 g/mol. The van der Waals surface area contributed by atoms with Crippen LogP contribution < -0.4 is 5.32 Å². The summed E-state index contributed by atoms with van der Waals surface area (Å²) in [6.07, 6.45) is 5.23. The Kier molecular flexibility index (Phi) is 7.50. The zero-order chi connectivity index (χ0) is 25.8. The Morgan fingerprint density at radius 1 is 1.11 bits per heavy atom. The predicted octanol–water partition coefficient (Wildman–Crippen LogP) is 4.42. The number of nitrogens with zero attached hydrogens (tertiary/aromatic N) is 5. The summed E-state index contributed by atoms with van der Waals surface area (Å²) in [5.74, 6) is 2.01. The van der Waals surface area contributed by atoms with Crippen LogP contribution in [-0.2, 0) is 22.7 Å². The van der Waals surface area contributed by atoms with Crippen LogP contribution in [0, 0.1) is 13.8 Å². The Labute approximate surface area is 218 Å². The summed E-state index contributed by atoms with van der Waals surface area (Å²) in [4.78, 5) is 31.2. The Hall–Kier alpha value is -3.73. The summed E-state index contributed by atoms with van der Waals surface area (Å²) in [6.45, 7) is 3.71. The topological polar surface area (TPSA) is 119 Å². The van der Waals surface area contributed by atoms with Gasteiger partial charge in [-0.3, -0.25) is 9.59 Å². The number of thiophene rings is 1. The first-order valence-corrected chi connectivity index (χ1v) is 13.4. The zero-order valence-electron chi connectivity index (χ0n) is 20.9. The Morgan fingerprint density at radius 3 is 2.57 bits per heavy atom. The number of rotatable bonds is 9. The quantitative estimate of drug-likeness (QED) is 0.345. The van der Waals surface area contributed by atoms with Crippen molar-refractivity contribution in [1.29, 1.82) is 0 Å². The van der Waals surface area contributed by atoms with Crippen molar-refractivity contribution >= 4 is 23.2 Å². The molecule has 0 radical (unpaired) electrons. The van der Waals surface area contributed by atoms with Gasteiger partial charge in [-0.2, -0.15) is 4.80 Å². The molecule has 0 bridgehead atoms. The highest BCUT2D eigenvalue weighted by molar-refractivity contribution is 7.09. The highest BCUT2D eigenvalue weighted by Gasteiger charge is 2.35. The van der Waals surface area contributed by atoms with Crippen molar-refractivity contribution in [3.8, 4) is 11.6 Å². The third-order valence-corrected chi connectivity index (χ3v) is 7.32. The van der Waals surface area contributed by atoms with E-state index < -0.39 is 6.04 Å². The van der Waals surface area contributed by atoms with Crippen LogP contribution in [0.1, 0.15) is 60.3 Å². The number of nitrogens with one attached hydrogen (secondary N) is 1. The third kappa shape index (κ3) is 5.99. The summed E-state index contributed by atoms with van der Waals surface area (Å²) < 4.78 is 11.5. The minimum atomic E-state index is -0.930. The van der Waals surface area contributed by atoms with Crippen molar-refractivity contribution in [2.24, 2.45) is 0 Å². The number of furan rings is 2. The normalized spacial score (nSPS) is 15.0. The molecule has 1 fully saturated rings. The van der Waals surface area contributed by atoms with Crippen LogP contribution in [0.2, 0.25) is 0 Å². The molecule has 0 saturated heterocycles. The van der Waals surface area contributed by atoms with E-state index in [1.165, 1.54) is 22.6 Å². The highest BCUT2D eigenvalue weighted by atomic mass is 32.1. The third-order valence-electron chi connectivity index (χ3n) is 6.46.